The fourth-order valence-electron chi connectivity index (χ4n) is 0.977. The van der Waals surface area contributed by atoms with E-state index in [1.807, 2.05) is 0 Å². The summed E-state index contributed by atoms with van der Waals surface area (Å²) >= 11 is 2.89. The van der Waals surface area contributed by atoms with Crippen LogP contribution in [-0.2, 0) is 6.54 Å². The summed E-state index contributed by atoms with van der Waals surface area (Å²) in [5.41, 5.74) is 5.39. The van der Waals surface area contributed by atoms with Gasteiger partial charge in [-0.15, -0.1) is 0 Å². The molecule has 2 N–H and O–H groups in total. The van der Waals surface area contributed by atoms with Crippen molar-refractivity contribution < 1.29 is 13.6 Å². The lowest BCUT2D eigenvalue weighted by Gasteiger charge is -2.06. The summed E-state index contributed by atoms with van der Waals surface area (Å²) in [5.74, 6) is 0. The molecule has 0 unspecified atom stereocenters. The van der Waals surface area contributed by atoms with E-state index in [9.17, 15) is 13.6 Å². The largest absolute Gasteiger partial charge is 0.325 e. The molecule has 0 amide bonds. The minimum Gasteiger partial charge on any atom is -0.325 e. The maximum absolute atomic E-state index is 12.4. The van der Waals surface area contributed by atoms with Crippen LogP contribution in [-0.4, -0.2) is 11.3 Å². The molecule has 0 radical (unpaired) electrons. The van der Waals surface area contributed by atoms with Gasteiger partial charge in [-0.3, -0.25) is 4.79 Å². The lowest BCUT2D eigenvalue weighted by molar-refractivity contribution is 0.112. The number of halogens is 3. The molecular weight excluding hydrogens is 258 g/mol. The number of nitrogens with two attached hydrogens (primary N) is 1. The molecular formula is C8H7BrF2N2O. The quantitative estimate of drug-likeness (QED) is 0.672. The first kappa shape index (κ1) is 11.2. The maximum Gasteiger partial charge on any atom is 0.266 e. The Kier molecular flexibility index (Phi) is 3.65. The van der Waals surface area contributed by atoms with Gasteiger partial charge in [0.05, 0.1) is 11.3 Å². The highest BCUT2D eigenvalue weighted by Gasteiger charge is 2.15. The molecule has 0 aliphatic heterocycles. The number of alkyl halides is 2. The van der Waals surface area contributed by atoms with Gasteiger partial charge in [-0.25, -0.2) is 13.8 Å². The van der Waals surface area contributed by atoms with Crippen LogP contribution in [0.25, 0.3) is 0 Å². The predicted molar refractivity (Wildman–Crippen MR) is 50.2 cm³/mol. The molecule has 0 bridgehead atoms. The van der Waals surface area contributed by atoms with Crippen molar-refractivity contribution in [3.63, 3.8) is 0 Å². The first-order chi connectivity index (χ1) is 6.60. The second kappa shape index (κ2) is 4.56. The third-order valence-electron chi connectivity index (χ3n) is 1.67. The average molecular weight is 265 g/mol. The predicted octanol–water partition coefficient (Wildman–Crippen LogP) is 2.05. The molecule has 0 atom stereocenters. The lowest BCUT2D eigenvalue weighted by atomic mass is 10.1. The van der Waals surface area contributed by atoms with E-state index < -0.39 is 6.43 Å². The number of carbonyl (C=O) groups excluding carboxylic acids is 1. The molecule has 14 heavy (non-hydrogen) atoms. The van der Waals surface area contributed by atoms with Gasteiger partial charge in [-0.05, 0) is 22.0 Å². The second-order valence-electron chi connectivity index (χ2n) is 2.53. The monoisotopic (exact) mass is 264 g/mol. The normalized spacial score (nSPS) is 10.6. The molecule has 3 nitrogen and oxygen atoms in total. The summed E-state index contributed by atoms with van der Waals surface area (Å²) in [4.78, 5) is 14.3. The van der Waals surface area contributed by atoms with E-state index in [-0.39, 0.29) is 22.3 Å². The van der Waals surface area contributed by atoms with Crippen molar-refractivity contribution in [1.29, 1.82) is 0 Å². The maximum atomic E-state index is 12.4. The zero-order chi connectivity index (χ0) is 10.7. The van der Waals surface area contributed by atoms with Gasteiger partial charge in [0.2, 0.25) is 0 Å². The van der Waals surface area contributed by atoms with Crippen molar-refractivity contribution in [3.05, 3.63) is 27.5 Å². The zero-order valence-corrected chi connectivity index (χ0v) is 8.59. The van der Waals surface area contributed by atoms with Gasteiger partial charge in [0, 0.05) is 12.1 Å². The van der Waals surface area contributed by atoms with Gasteiger partial charge in [0.1, 0.15) is 4.60 Å². The highest BCUT2D eigenvalue weighted by atomic mass is 79.9. The number of aromatic nitrogens is 1. The number of carbonyl (C=O) groups is 1. The Labute approximate surface area is 87.4 Å². The van der Waals surface area contributed by atoms with Crippen molar-refractivity contribution in [3.8, 4) is 0 Å². The summed E-state index contributed by atoms with van der Waals surface area (Å²) in [6.45, 7) is 0.0379. The number of rotatable bonds is 3. The number of hydrogen-bond donors (Lipinski definition) is 1. The minimum atomic E-state index is -2.66. The molecule has 6 heteroatoms. The van der Waals surface area contributed by atoms with E-state index in [0.29, 0.717) is 12.0 Å². The van der Waals surface area contributed by atoms with Crippen molar-refractivity contribution >= 4 is 22.2 Å². The fraction of sp³-hybridized carbons (Fsp3) is 0.250. The molecule has 0 saturated heterocycles. The Morgan fingerprint density at radius 3 is 2.71 bits per heavy atom. The fourth-order valence-corrected chi connectivity index (χ4v) is 1.48. The van der Waals surface area contributed by atoms with E-state index in [4.69, 9.17) is 5.73 Å². The Balaban J connectivity index is 3.30. The van der Waals surface area contributed by atoms with E-state index in [1.54, 1.807) is 0 Å². The first-order valence-corrected chi connectivity index (χ1v) is 4.52. The molecule has 0 aromatic carbocycles. The molecule has 0 aliphatic rings. The highest BCUT2D eigenvalue weighted by Crippen LogP contribution is 2.27. The van der Waals surface area contributed by atoms with E-state index in [1.165, 1.54) is 0 Å². The van der Waals surface area contributed by atoms with Gasteiger partial charge in [-0.2, -0.15) is 0 Å². The van der Waals surface area contributed by atoms with Crippen LogP contribution in [0.3, 0.4) is 0 Å². The molecule has 76 valence electrons. The average Bonchev–Trinajstić information content (AvgIpc) is 2.16. The topological polar surface area (TPSA) is 56.0 Å². The van der Waals surface area contributed by atoms with Crippen LogP contribution in [0.1, 0.15) is 28.0 Å². The van der Waals surface area contributed by atoms with Crippen LogP contribution in [0.5, 0.6) is 0 Å². The van der Waals surface area contributed by atoms with Gasteiger partial charge < -0.3 is 5.73 Å². The molecule has 0 fully saturated rings. The summed E-state index contributed by atoms with van der Waals surface area (Å²) in [7, 11) is 0. The Morgan fingerprint density at radius 1 is 1.64 bits per heavy atom. The van der Waals surface area contributed by atoms with Crippen LogP contribution < -0.4 is 5.73 Å². The van der Waals surface area contributed by atoms with E-state index >= 15 is 0 Å². The lowest BCUT2D eigenvalue weighted by Crippen LogP contribution is -2.06. The van der Waals surface area contributed by atoms with E-state index in [0.717, 1.165) is 6.07 Å². The molecule has 0 saturated carbocycles. The van der Waals surface area contributed by atoms with Gasteiger partial charge in [-0.1, -0.05) is 0 Å². The van der Waals surface area contributed by atoms with Gasteiger partial charge in [0.25, 0.3) is 6.43 Å². The zero-order valence-electron chi connectivity index (χ0n) is 7.01. The van der Waals surface area contributed by atoms with Crippen molar-refractivity contribution in [1.82, 2.24) is 4.98 Å². The standard InChI is InChI=1S/C8H7BrF2N2O/c9-7-5(8(10)11)1-4(3-14)6(2-12)13-7/h1,3,8H,2,12H2. The molecule has 1 aromatic heterocycles. The summed E-state index contributed by atoms with van der Waals surface area (Å²) in [6.07, 6.45) is -2.20. The Hall–Kier alpha value is -0.880. The molecule has 1 rings (SSSR count). The number of pyridine rings is 1. The molecule has 1 heterocycles. The third-order valence-corrected chi connectivity index (χ3v) is 2.31. The van der Waals surface area contributed by atoms with Crippen molar-refractivity contribution in [2.24, 2.45) is 5.73 Å². The highest BCUT2D eigenvalue weighted by molar-refractivity contribution is 9.10. The van der Waals surface area contributed by atoms with Gasteiger partial charge >= 0.3 is 0 Å². The summed E-state index contributed by atoms with van der Waals surface area (Å²) in [6, 6.07) is 1.09. The van der Waals surface area contributed by atoms with Crippen LogP contribution >= 0.6 is 15.9 Å². The first-order valence-electron chi connectivity index (χ1n) is 3.72. The molecule has 1 aromatic rings. The van der Waals surface area contributed by atoms with Crippen molar-refractivity contribution in [2.45, 2.75) is 13.0 Å². The van der Waals surface area contributed by atoms with E-state index in [2.05, 4.69) is 20.9 Å². The summed E-state index contributed by atoms with van der Waals surface area (Å²) in [5, 5.41) is 0. The smallest absolute Gasteiger partial charge is 0.266 e. The SMILES string of the molecule is NCc1nc(Br)c(C(F)F)cc1C=O. The van der Waals surface area contributed by atoms with Crippen LogP contribution in [0.4, 0.5) is 8.78 Å². The van der Waals surface area contributed by atoms with Crippen LogP contribution in [0.15, 0.2) is 10.7 Å². The molecule has 0 spiro atoms. The van der Waals surface area contributed by atoms with Crippen LogP contribution in [0, 0.1) is 0 Å². The van der Waals surface area contributed by atoms with Crippen LogP contribution in [0.2, 0.25) is 0 Å². The van der Waals surface area contributed by atoms with Gasteiger partial charge in [0.15, 0.2) is 6.29 Å². The Morgan fingerprint density at radius 2 is 2.29 bits per heavy atom. The number of aldehydes is 1. The number of hydrogen-bond acceptors (Lipinski definition) is 3. The number of nitrogens with zero attached hydrogens (tertiary/aromatic N) is 1. The third kappa shape index (κ3) is 2.13. The Bertz CT molecular complexity index is 357. The second-order valence-corrected chi connectivity index (χ2v) is 3.28. The summed E-state index contributed by atoms with van der Waals surface area (Å²) < 4.78 is 24.8. The minimum absolute atomic E-state index is 0.0264. The molecule has 0 aliphatic carbocycles. The van der Waals surface area contributed by atoms with Crippen molar-refractivity contribution in [2.75, 3.05) is 0 Å².